The highest BCUT2D eigenvalue weighted by atomic mass is 15.3. The minimum absolute atomic E-state index is 0.991. The van der Waals surface area contributed by atoms with Crippen LogP contribution in [0.1, 0.15) is 12.0 Å². The van der Waals surface area contributed by atoms with E-state index in [0.29, 0.717) is 0 Å². The maximum absolute atomic E-state index is 4.19. The fourth-order valence-electron chi connectivity index (χ4n) is 1.50. The van der Waals surface area contributed by atoms with Gasteiger partial charge in [0.05, 0.1) is 25.0 Å². The molecule has 1 aliphatic heterocycles. The van der Waals surface area contributed by atoms with Gasteiger partial charge in [0.2, 0.25) is 0 Å². The van der Waals surface area contributed by atoms with Crippen LogP contribution in [-0.2, 0) is 7.05 Å². The fourth-order valence-corrected chi connectivity index (χ4v) is 1.50. The summed E-state index contributed by atoms with van der Waals surface area (Å²) in [6.45, 7) is 0. The van der Waals surface area contributed by atoms with Crippen molar-refractivity contribution < 1.29 is 4.58 Å². The molecule has 2 heterocycles. The molecular formula is C9H12N3+. The van der Waals surface area contributed by atoms with Crippen molar-refractivity contribution in [2.24, 2.45) is 7.05 Å². The zero-order valence-electron chi connectivity index (χ0n) is 7.36. The van der Waals surface area contributed by atoms with Gasteiger partial charge in [-0.05, 0) is 6.08 Å². The Morgan fingerprint density at radius 1 is 1.58 bits per heavy atom. The predicted molar refractivity (Wildman–Crippen MR) is 48.8 cm³/mol. The summed E-state index contributed by atoms with van der Waals surface area (Å²) in [6, 6.07) is 0. The molecule has 1 aliphatic rings. The lowest BCUT2D eigenvalue weighted by atomic mass is 10.3. The zero-order chi connectivity index (χ0) is 8.55. The first kappa shape index (κ1) is 7.28. The molecule has 62 valence electrons. The zero-order valence-corrected chi connectivity index (χ0v) is 7.36. The Kier molecular flexibility index (Phi) is 1.57. The van der Waals surface area contributed by atoms with E-state index >= 15 is 0 Å². The average molecular weight is 162 g/mol. The Bertz CT molecular complexity index is 358. The molecule has 12 heavy (non-hydrogen) atoms. The minimum Gasteiger partial charge on any atom is -0.238 e. The van der Waals surface area contributed by atoms with Crippen molar-refractivity contribution in [3.63, 3.8) is 0 Å². The monoisotopic (exact) mass is 162 g/mol. The molecule has 0 aliphatic carbocycles. The SMILES string of the molecule is Cn1ncc2c1[N+](C)=CCC=C2. The summed E-state index contributed by atoms with van der Waals surface area (Å²) in [5.74, 6) is 1.16. The molecular weight excluding hydrogens is 150 g/mol. The van der Waals surface area contributed by atoms with Crippen molar-refractivity contribution in [1.29, 1.82) is 0 Å². The van der Waals surface area contributed by atoms with Gasteiger partial charge < -0.3 is 0 Å². The van der Waals surface area contributed by atoms with E-state index in [1.165, 1.54) is 5.56 Å². The minimum atomic E-state index is 0.991. The molecule has 3 nitrogen and oxygen atoms in total. The number of hydrogen-bond acceptors (Lipinski definition) is 1. The molecule has 0 N–H and O–H groups in total. The van der Waals surface area contributed by atoms with Crippen LogP contribution < -0.4 is 0 Å². The quantitative estimate of drug-likeness (QED) is 0.525. The summed E-state index contributed by atoms with van der Waals surface area (Å²) in [5.41, 5.74) is 1.19. The number of fused-ring (bicyclic) bond motifs is 1. The number of nitrogens with zero attached hydrogens (tertiary/aromatic N) is 3. The van der Waals surface area contributed by atoms with Crippen LogP contribution in [0.15, 0.2) is 12.3 Å². The third kappa shape index (κ3) is 0.978. The molecule has 0 bridgehead atoms. The van der Waals surface area contributed by atoms with E-state index in [2.05, 4.69) is 28.0 Å². The second-order valence-corrected chi connectivity index (χ2v) is 2.98. The topological polar surface area (TPSA) is 20.8 Å². The van der Waals surface area contributed by atoms with E-state index in [1.54, 1.807) is 0 Å². The van der Waals surface area contributed by atoms with Gasteiger partial charge in [-0.25, -0.2) is 4.58 Å². The molecule has 2 rings (SSSR count). The molecule has 0 saturated heterocycles. The van der Waals surface area contributed by atoms with E-state index in [1.807, 2.05) is 25.0 Å². The van der Waals surface area contributed by atoms with Crippen molar-refractivity contribution in [2.75, 3.05) is 7.05 Å². The maximum atomic E-state index is 4.19. The summed E-state index contributed by atoms with van der Waals surface area (Å²) in [7, 11) is 4.01. The molecule has 3 heteroatoms. The van der Waals surface area contributed by atoms with E-state index in [-0.39, 0.29) is 0 Å². The summed E-state index contributed by atoms with van der Waals surface area (Å²) < 4.78 is 4.00. The van der Waals surface area contributed by atoms with Crippen LogP contribution in [0.3, 0.4) is 0 Å². The van der Waals surface area contributed by atoms with Gasteiger partial charge in [0.25, 0.3) is 0 Å². The Morgan fingerprint density at radius 2 is 2.42 bits per heavy atom. The first-order valence-corrected chi connectivity index (χ1v) is 4.04. The van der Waals surface area contributed by atoms with Gasteiger partial charge in [0.15, 0.2) is 0 Å². The van der Waals surface area contributed by atoms with Crippen LogP contribution in [0.2, 0.25) is 0 Å². The molecule has 0 radical (unpaired) electrons. The first-order chi connectivity index (χ1) is 5.79. The fraction of sp³-hybridized carbons (Fsp3) is 0.333. The molecule has 0 saturated carbocycles. The van der Waals surface area contributed by atoms with Crippen molar-refractivity contribution in [3.8, 4) is 0 Å². The normalized spacial score (nSPS) is 15.3. The number of aromatic nitrogens is 2. The highest BCUT2D eigenvalue weighted by Gasteiger charge is 2.16. The Morgan fingerprint density at radius 3 is 3.25 bits per heavy atom. The number of aryl methyl sites for hydroxylation is 1. The lowest BCUT2D eigenvalue weighted by Gasteiger charge is -1.95. The van der Waals surface area contributed by atoms with Gasteiger partial charge in [-0.1, -0.05) is 11.2 Å². The van der Waals surface area contributed by atoms with Gasteiger partial charge in [0, 0.05) is 6.42 Å². The smallest absolute Gasteiger partial charge is 0.238 e. The van der Waals surface area contributed by atoms with Crippen LogP contribution in [0.4, 0.5) is 5.82 Å². The van der Waals surface area contributed by atoms with Gasteiger partial charge in [-0.3, -0.25) is 0 Å². The highest BCUT2D eigenvalue weighted by molar-refractivity contribution is 5.66. The van der Waals surface area contributed by atoms with Gasteiger partial charge >= 0.3 is 5.82 Å². The Hall–Kier alpha value is -1.38. The van der Waals surface area contributed by atoms with E-state index in [4.69, 9.17) is 0 Å². The average Bonchev–Trinajstić information content (AvgIpc) is 2.29. The van der Waals surface area contributed by atoms with Crippen LogP contribution in [0, 0.1) is 0 Å². The third-order valence-corrected chi connectivity index (χ3v) is 2.08. The summed E-state index contributed by atoms with van der Waals surface area (Å²) in [5, 5.41) is 4.19. The molecule has 0 unspecified atom stereocenters. The van der Waals surface area contributed by atoms with Crippen molar-refractivity contribution in [3.05, 3.63) is 17.8 Å². The summed E-state index contributed by atoms with van der Waals surface area (Å²) >= 11 is 0. The van der Waals surface area contributed by atoms with Crippen LogP contribution in [0.5, 0.6) is 0 Å². The lowest BCUT2D eigenvalue weighted by molar-refractivity contribution is -0.407. The number of hydrogen-bond donors (Lipinski definition) is 0. The number of allylic oxidation sites excluding steroid dienone is 1. The van der Waals surface area contributed by atoms with E-state index < -0.39 is 0 Å². The predicted octanol–water partition coefficient (Wildman–Crippen LogP) is 1.18. The lowest BCUT2D eigenvalue weighted by Crippen LogP contribution is -2.04. The van der Waals surface area contributed by atoms with Crippen LogP contribution in [0.25, 0.3) is 6.08 Å². The number of rotatable bonds is 0. The van der Waals surface area contributed by atoms with Crippen molar-refractivity contribution in [2.45, 2.75) is 6.42 Å². The van der Waals surface area contributed by atoms with Gasteiger partial charge in [-0.2, -0.15) is 0 Å². The molecule has 0 aromatic carbocycles. The third-order valence-electron chi connectivity index (χ3n) is 2.08. The van der Waals surface area contributed by atoms with Crippen LogP contribution >= 0.6 is 0 Å². The molecule has 0 fully saturated rings. The van der Waals surface area contributed by atoms with Gasteiger partial charge in [-0.15, -0.1) is 4.68 Å². The molecule has 0 amide bonds. The summed E-state index contributed by atoms with van der Waals surface area (Å²) in [4.78, 5) is 0. The van der Waals surface area contributed by atoms with Crippen LogP contribution in [-0.4, -0.2) is 27.6 Å². The van der Waals surface area contributed by atoms with Crippen molar-refractivity contribution >= 4 is 18.1 Å². The second-order valence-electron chi connectivity index (χ2n) is 2.98. The molecule has 0 atom stereocenters. The second kappa shape index (κ2) is 2.59. The first-order valence-electron chi connectivity index (χ1n) is 4.04. The Balaban J connectivity index is 2.65. The molecule has 0 spiro atoms. The highest BCUT2D eigenvalue weighted by Crippen LogP contribution is 2.19. The maximum Gasteiger partial charge on any atom is 0.310 e. The van der Waals surface area contributed by atoms with E-state index in [0.717, 1.165) is 12.2 Å². The largest absolute Gasteiger partial charge is 0.310 e. The van der Waals surface area contributed by atoms with Crippen molar-refractivity contribution in [1.82, 2.24) is 9.78 Å². The van der Waals surface area contributed by atoms with E-state index in [9.17, 15) is 0 Å². The summed E-state index contributed by atoms with van der Waals surface area (Å²) in [6.07, 6.45) is 9.28. The Labute approximate surface area is 71.6 Å². The van der Waals surface area contributed by atoms with Gasteiger partial charge in [0.1, 0.15) is 7.05 Å². The standard InChI is InChI=1S/C9H12N3/c1-11-6-4-3-5-8-7-10-12(2)9(8)11/h3,5-7H,4H2,1-2H3/q+1. The molecule has 1 aromatic rings. The molecule has 1 aromatic heterocycles.